The van der Waals surface area contributed by atoms with Gasteiger partial charge in [0.1, 0.15) is 5.52 Å². The summed E-state index contributed by atoms with van der Waals surface area (Å²) < 4.78 is 1.87. The molecule has 4 heteroatoms. The van der Waals surface area contributed by atoms with E-state index in [4.69, 9.17) is 0 Å². The third kappa shape index (κ3) is 1.98. The molecule has 0 aliphatic heterocycles. The number of imidazole rings is 1. The molecule has 0 radical (unpaired) electrons. The van der Waals surface area contributed by atoms with Gasteiger partial charge in [-0.1, -0.05) is 30.3 Å². The second kappa shape index (κ2) is 4.58. The third-order valence-electron chi connectivity index (χ3n) is 2.93. The number of rotatable bonds is 3. The highest BCUT2D eigenvalue weighted by Gasteiger charge is 2.10. The van der Waals surface area contributed by atoms with Crippen LogP contribution >= 0.6 is 0 Å². The molecule has 1 atom stereocenters. The molecule has 18 heavy (non-hydrogen) atoms. The number of pyridine rings is 1. The SMILES string of the molecule is OC(Cn1cnc2cccnc21)c1ccccc1. The predicted octanol–water partition coefficient (Wildman–Crippen LogP) is 2.16. The number of aliphatic hydroxyl groups is 1. The van der Waals surface area contributed by atoms with E-state index in [2.05, 4.69) is 9.97 Å². The molecule has 3 rings (SSSR count). The van der Waals surface area contributed by atoms with Crippen molar-refractivity contribution < 1.29 is 5.11 Å². The van der Waals surface area contributed by atoms with E-state index in [0.717, 1.165) is 16.7 Å². The Morgan fingerprint density at radius 1 is 1.06 bits per heavy atom. The largest absolute Gasteiger partial charge is 0.387 e. The van der Waals surface area contributed by atoms with Gasteiger partial charge in [-0.15, -0.1) is 0 Å². The zero-order chi connectivity index (χ0) is 12.4. The highest BCUT2D eigenvalue weighted by molar-refractivity contribution is 5.69. The van der Waals surface area contributed by atoms with Crippen molar-refractivity contribution in [1.29, 1.82) is 0 Å². The van der Waals surface area contributed by atoms with Crippen LogP contribution < -0.4 is 0 Å². The lowest BCUT2D eigenvalue weighted by Crippen LogP contribution is -2.08. The molecular weight excluding hydrogens is 226 g/mol. The standard InChI is InChI=1S/C14H13N3O/c18-13(11-5-2-1-3-6-11)9-17-10-16-12-7-4-8-15-14(12)17/h1-8,10,13,18H,9H2. The minimum absolute atomic E-state index is 0.456. The third-order valence-corrected chi connectivity index (χ3v) is 2.93. The number of benzene rings is 1. The van der Waals surface area contributed by atoms with E-state index in [-0.39, 0.29) is 0 Å². The molecule has 0 bridgehead atoms. The Balaban J connectivity index is 1.89. The summed E-state index contributed by atoms with van der Waals surface area (Å²) in [7, 11) is 0. The van der Waals surface area contributed by atoms with E-state index in [0.29, 0.717) is 6.54 Å². The molecule has 90 valence electrons. The zero-order valence-electron chi connectivity index (χ0n) is 9.77. The minimum atomic E-state index is -0.550. The van der Waals surface area contributed by atoms with Gasteiger partial charge >= 0.3 is 0 Å². The van der Waals surface area contributed by atoms with Crippen LogP contribution in [0.1, 0.15) is 11.7 Å². The molecule has 0 saturated heterocycles. The average molecular weight is 239 g/mol. The first-order chi connectivity index (χ1) is 8.84. The van der Waals surface area contributed by atoms with Gasteiger partial charge in [0, 0.05) is 6.20 Å². The summed E-state index contributed by atoms with van der Waals surface area (Å²) in [5, 5.41) is 10.2. The van der Waals surface area contributed by atoms with E-state index in [1.807, 2.05) is 47.0 Å². The summed E-state index contributed by atoms with van der Waals surface area (Å²) in [5.74, 6) is 0. The van der Waals surface area contributed by atoms with Gasteiger partial charge in [-0.05, 0) is 17.7 Å². The molecule has 3 aromatic rings. The van der Waals surface area contributed by atoms with Crippen LogP contribution in [-0.4, -0.2) is 19.6 Å². The second-order valence-corrected chi connectivity index (χ2v) is 4.17. The Labute approximate surface area is 105 Å². The molecule has 0 saturated carbocycles. The topological polar surface area (TPSA) is 50.9 Å². The van der Waals surface area contributed by atoms with Crippen LogP contribution in [0.4, 0.5) is 0 Å². The van der Waals surface area contributed by atoms with Crippen molar-refractivity contribution in [2.45, 2.75) is 12.6 Å². The molecule has 0 amide bonds. The first kappa shape index (κ1) is 10.9. The normalized spacial score (nSPS) is 12.7. The molecule has 1 aromatic carbocycles. The smallest absolute Gasteiger partial charge is 0.159 e. The number of aromatic nitrogens is 3. The zero-order valence-corrected chi connectivity index (χ0v) is 9.77. The molecule has 2 heterocycles. The van der Waals surface area contributed by atoms with Gasteiger partial charge in [0.25, 0.3) is 0 Å². The van der Waals surface area contributed by atoms with Crippen LogP contribution in [0.5, 0.6) is 0 Å². The van der Waals surface area contributed by atoms with Crippen LogP contribution in [-0.2, 0) is 6.54 Å². The summed E-state index contributed by atoms with van der Waals surface area (Å²) in [4.78, 5) is 8.53. The monoisotopic (exact) mass is 239 g/mol. The maximum atomic E-state index is 10.2. The van der Waals surface area contributed by atoms with Crippen LogP contribution in [0.15, 0.2) is 55.0 Å². The van der Waals surface area contributed by atoms with Crippen LogP contribution in [0.25, 0.3) is 11.2 Å². The number of aliphatic hydroxyl groups excluding tert-OH is 1. The summed E-state index contributed by atoms with van der Waals surface area (Å²) >= 11 is 0. The Hall–Kier alpha value is -2.20. The van der Waals surface area contributed by atoms with Gasteiger partial charge in [0.2, 0.25) is 0 Å². The van der Waals surface area contributed by atoms with Gasteiger partial charge in [-0.2, -0.15) is 0 Å². The maximum absolute atomic E-state index is 10.2. The molecule has 2 aromatic heterocycles. The summed E-state index contributed by atoms with van der Waals surface area (Å²) in [6.45, 7) is 0.456. The molecule has 4 nitrogen and oxygen atoms in total. The highest BCUT2D eigenvalue weighted by Crippen LogP contribution is 2.17. The Kier molecular flexibility index (Phi) is 2.78. The van der Waals surface area contributed by atoms with Crippen LogP contribution in [0.3, 0.4) is 0 Å². The van der Waals surface area contributed by atoms with Crippen molar-refractivity contribution in [2.24, 2.45) is 0 Å². The Morgan fingerprint density at radius 3 is 2.72 bits per heavy atom. The van der Waals surface area contributed by atoms with Crippen molar-refractivity contribution in [3.05, 3.63) is 60.6 Å². The van der Waals surface area contributed by atoms with E-state index < -0.39 is 6.10 Å². The summed E-state index contributed by atoms with van der Waals surface area (Å²) in [6.07, 6.45) is 2.89. The fourth-order valence-corrected chi connectivity index (χ4v) is 2.00. The fourth-order valence-electron chi connectivity index (χ4n) is 2.00. The number of nitrogens with zero attached hydrogens (tertiary/aromatic N) is 3. The van der Waals surface area contributed by atoms with Gasteiger partial charge in [-0.25, -0.2) is 9.97 Å². The van der Waals surface area contributed by atoms with Crippen molar-refractivity contribution >= 4 is 11.2 Å². The second-order valence-electron chi connectivity index (χ2n) is 4.17. The molecular formula is C14H13N3O. The van der Waals surface area contributed by atoms with E-state index in [9.17, 15) is 5.11 Å². The molecule has 1 N–H and O–H groups in total. The van der Waals surface area contributed by atoms with Gasteiger partial charge in [0.15, 0.2) is 5.65 Å². The lowest BCUT2D eigenvalue weighted by Gasteiger charge is -2.11. The number of hydrogen-bond donors (Lipinski definition) is 1. The quantitative estimate of drug-likeness (QED) is 0.762. The first-order valence-corrected chi connectivity index (χ1v) is 5.83. The first-order valence-electron chi connectivity index (χ1n) is 5.83. The lowest BCUT2D eigenvalue weighted by atomic mass is 10.1. The van der Waals surface area contributed by atoms with Gasteiger partial charge in [-0.3, -0.25) is 0 Å². The van der Waals surface area contributed by atoms with Crippen molar-refractivity contribution in [2.75, 3.05) is 0 Å². The minimum Gasteiger partial charge on any atom is -0.387 e. The van der Waals surface area contributed by atoms with Crippen LogP contribution in [0, 0.1) is 0 Å². The predicted molar refractivity (Wildman–Crippen MR) is 68.9 cm³/mol. The lowest BCUT2D eigenvalue weighted by molar-refractivity contribution is 0.157. The number of fused-ring (bicyclic) bond motifs is 1. The highest BCUT2D eigenvalue weighted by atomic mass is 16.3. The van der Waals surface area contributed by atoms with E-state index in [1.54, 1.807) is 12.5 Å². The maximum Gasteiger partial charge on any atom is 0.159 e. The summed E-state index contributed by atoms with van der Waals surface area (Å²) in [5.41, 5.74) is 2.54. The van der Waals surface area contributed by atoms with Crippen molar-refractivity contribution in [3.8, 4) is 0 Å². The summed E-state index contributed by atoms with van der Waals surface area (Å²) in [6, 6.07) is 13.4. The van der Waals surface area contributed by atoms with Crippen molar-refractivity contribution in [3.63, 3.8) is 0 Å². The number of hydrogen-bond acceptors (Lipinski definition) is 3. The fraction of sp³-hybridized carbons (Fsp3) is 0.143. The molecule has 0 aliphatic rings. The molecule has 0 fully saturated rings. The van der Waals surface area contributed by atoms with E-state index in [1.165, 1.54) is 0 Å². The molecule has 0 aliphatic carbocycles. The van der Waals surface area contributed by atoms with Crippen molar-refractivity contribution in [1.82, 2.24) is 14.5 Å². The van der Waals surface area contributed by atoms with E-state index >= 15 is 0 Å². The van der Waals surface area contributed by atoms with Crippen LogP contribution in [0.2, 0.25) is 0 Å². The van der Waals surface area contributed by atoms with Gasteiger partial charge in [0.05, 0.1) is 19.0 Å². The molecule has 0 spiro atoms. The molecule has 1 unspecified atom stereocenters. The van der Waals surface area contributed by atoms with Gasteiger partial charge < -0.3 is 9.67 Å². The Morgan fingerprint density at radius 2 is 1.89 bits per heavy atom. The average Bonchev–Trinajstić information content (AvgIpc) is 2.83. The Bertz CT molecular complexity index is 648.